The quantitative estimate of drug-likeness (QED) is 0.282. The summed E-state index contributed by atoms with van der Waals surface area (Å²) in [7, 11) is 4.84. The fourth-order valence-electron chi connectivity index (χ4n) is 5.79. The molecule has 2 unspecified atom stereocenters. The molecule has 210 valence electrons. The van der Waals surface area contributed by atoms with E-state index >= 15 is 0 Å². The van der Waals surface area contributed by atoms with Crippen LogP contribution in [0.4, 0.5) is 0 Å². The van der Waals surface area contributed by atoms with Gasteiger partial charge < -0.3 is 18.9 Å². The number of aryl methyl sites for hydroxylation is 1. The topological polar surface area (TPSA) is 84.2 Å². The lowest BCUT2D eigenvalue weighted by Gasteiger charge is -2.33. The first-order valence-corrected chi connectivity index (χ1v) is 13.7. The monoisotopic (exact) mass is 543 g/mol. The predicted octanol–water partition coefficient (Wildman–Crippen LogP) is 5.57. The highest BCUT2D eigenvalue weighted by Crippen LogP contribution is 2.34. The molecule has 1 saturated carbocycles. The zero-order valence-electron chi connectivity index (χ0n) is 24.3. The third kappa shape index (κ3) is 4.98. The van der Waals surface area contributed by atoms with Crippen molar-refractivity contribution in [2.75, 3.05) is 21.3 Å². The number of carbonyl (C=O) groups excluding carboxylic acids is 1. The lowest BCUT2D eigenvalue weighted by Crippen LogP contribution is -2.35. The second-order valence-corrected chi connectivity index (χ2v) is 10.8. The molecule has 0 amide bonds. The number of fused-ring (bicyclic) bond motifs is 1. The van der Waals surface area contributed by atoms with Crippen LogP contribution >= 0.6 is 0 Å². The molecule has 2 atom stereocenters. The van der Waals surface area contributed by atoms with Crippen molar-refractivity contribution in [1.29, 1.82) is 0 Å². The van der Waals surface area contributed by atoms with Gasteiger partial charge in [-0.1, -0.05) is 38.0 Å². The minimum Gasteiger partial charge on any atom is -0.496 e. The van der Waals surface area contributed by atoms with Gasteiger partial charge in [0.25, 0.3) is 0 Å². The Balaban J connectivity index is 1.69. The molecule has 0 spiro atoms. The average molecular weight is 544 g/mol. The van der Waals surface area contributed by atoms with Gasteiger partial charge in [0.15, 0.2) is 23.0 Å². The van der Waals surface area contributed by atoms with Gasteiger partial charge in [-0.3, -0.25) is 0 Å². The van der Waals surface area contributed by atoms with Crippen molar-refractivity contribution >= 4 is 17.7 Å². The van der Waals surface area contributed by atoms with Gasteiger partial charge in [0, 0.05) is 0 Å². The van der Waals surface area contributed by atoms with Gasteiger partial charge >= 0.3 is 5.97 Å². The number of carbonyl (C=O) groups is 1. The number of nitrogens with zero attached hydrogens (tertiary/aromatic N) is 3. The van der Waals surface area contributed by atoms with Gasteiger partial charge in [-0.25, -0.2) is 14.3 Å². The number of rotatable bonds is 7. The Bertz CT molecular complexity index is 1600. The van der Waals surface area contributed by atoms with Crippen LogP contribution in [0.1, 0.15) is 60.2 Å². The molecule has 1 fully saturated rings. The highest BCUT2D eigenvalue weighted by molar-refractivity contribution is 5.98. The normalized spacial score (nSPS) is 19.6. The van der Waals surface area contributed by atoms with Crippen LogP contribution in [0.15, 0.2) is 36.4 Å². The number of hydrogen-bond donors (Lipinski definition) is 0. The number of ether oxygens (including phenoxy) is 4. The first kappa shape index (κ1) is 27.5. The van der Waals surface area contributed by atoms with E-state index in [1.165, 1.54) is 0 Å². The lowest BCUT2D eigenvalue weighted by atomic mass is 9.80. The molecule has 8 nitrogen and oxygen atoms in total. The molecule has 1 aliphatic rings. The summed E-state index contributed by atoms with van der Waals surface area (Å²) in [5, 5.41) is 5.62. The first-order valence-electron chi connectivity index (χ1n) is 13.7. The number of aromatic nitrogens is 3. The standard InChI is InChI=1S/C32H37N3O5/c1-18-11-13-25(37-5)23(15-18)30-33-31-28(32(36)40-29-19(2)9-8-10-20(29)3)21(4)24(35(31)34-30)16-22-12-14-26(38-6)27(17-22)39-7/h11-17,19-20,29H,8-10H2,1-7H3/b24-16+. The molecule has 8 heteroatoms. The van der Waals surface area contributed by atoms with Crippen LogP contribution in [0.5, 0.6) is 17.2 Å². The van der Waals surface area contributed by atoms with Crippen molar-refractivity contribution in [2.45, 2.75) is 53.1 Å². The first-order chi connectivity index (χ1) is 19.2. The van der Waals surface area contributed by atoms with E-state index in [-0.39, 0.29) is 12.1 Å². The van der Waals surface area contributed by atoms with E-state index in [1.54, 1.807) is 25.8 Å². The Labute approximate surface area is 234 Å². The van der Waals surface area contributed by atoms with Crippen LogP contribution < -0.4 is 19.6 Å². The lowest BCUT2D eigenvalue weighted by molar-refractivity contribution is -0.0161. The van der Waals surface area contributed by atoms with Crippen molar-refractivity contribution < 1.29 is 23.7 Å². The van der Waals surface area contributed by atoms with Crippen LogP contribution in [-0.2, 0) is 4.74 Å². The van der Waals surface area contributed by atoms with Gasteiger partial charge in [-0.15, -0.1) is 5.10 Å². The zero-order chi connectivity index (χ0) is 28.6. The molecule has 5 rings (SSSR count). The highest BCUT2D eigenvalue weighted by Gasteiger charge is 2.33. The third-order valence-electron chi connectivity index (χ3n) is 8.01. The second-order valence-electron chi connectivity index (χ2n) is 10.8. The Morgan fingerprint density at radius 1 is 0.925 bits per heavy atom. The molecule has 2 aromatic carbocycles. The Morgan fingerprint density at radius 2 is 1.60 bits per heavy atom. The van der Waals surface area contributed by atoms with E-state index in [0.29, 0.717) is 46.1 Å². The number of hydrogen-bond acceptors (Lipinski definition) is 7. The molecule has 0 bridgehead atoms. The molecule has 2 heterocycles. The van der Waals surface area contributed by atoms with Crippen molar-refractivity contribution in [3.63, 3.8) is 0 Å². The summed E-state index contributed by atoms with van der Waals surface area (Å²) in [6, 6.07) is 11.5. The Hall–Kier alpha value is -4.07. The van der Waals surface area contributed by atoms with Crippen LogP contribution in [0.25, 0.3) is 23.1 Å². The third-order valence-corrected chi connectivity index (χ3v) is 8.01. The molecular formula is C32H37N3O5. The maximum atomic E-state index is 13.8. The van der Waals surface area contributed by atoms with Crippen LogP contribution in [0.2, 0.25) is 0 Å². The summed E-state index contributed by atoms with van der Waals surface area (Å²) in [4.78, 5) is 18.7. The van der Waals surface area contributed by atoms with Crippen molar-refractivity contribution in [3.05, 3.63) is 64.0 Å². The molecule has 0 radical (unpaired) electrons. The highest BCUT2D eigenvalue weighted by atomic mass is 16.5. The molecule has 0 aliphatic heterocycles. The molecule has 40 heavy (non-hydrogen) atoms. The maximum Gasteiger partial charge on any atom is 0.342 e. The summed E-state index contributed by atoms with van der Waals surface area (Å²) in [5.41, 5.74) is 4.33. The Morgan fingerprint density at radius 3 is 2.27 bits per heavy atom. The van der Waals surface area contributed by atoms with Crippen LogP contribution in [0.3, 0.4) is 0 Å². The fraction of sp³-hybridized carbons (Fsp3) is 0.406. The molecular weight excluding hydrogens is 506 g/mol. The van der Waals surface area contributed by atoms with Crippen LogP contribution in [0, 0.1) is 25.7 Å². The van der Waals surface area contributed by atoms with Crippen molar-refractivity contribution in [1.82, 2.24) is 14.6 Å². The van der Waals surface area contributed by atoms with Gasteiger partial charge in [0.1, 0.15) is 17.4 Å². The minimum atomic E-state index is -0.366. The SMILES string of the molecule is COc1ccc(/C=c2\c(C)c(C(=O)OC3C(C)CCCC3C)c3nc(-c4cc(C)ccc4OC)nn23)cc1OC. The molecule has 0 saturated heterocycles. The zero-order valence-corrected chi connectivity index (χ0v) is 24.3. The average Bonchev–Trinajstić information content (AvgIpc) is 3.47. The summed E-state index contributed by atoms with van der Waals surface area (Å²) in [6.07, 6.45) is 5.11. The maximum absolute atomic E-state index is 13.8. The summed E-state index contributed by atoms with van der Waals surface area (Å²) in [5.74, 6) is 2.64. The summed E-state index contributed by atoms with van der Waals surface area (Å²) in [6.45, 7) is 8.25. The molecule has 4 aromatic rings. The van der Waals surface area contributed by atoms with E-state index in [4.69, 9.17) is 29.0 Å². The minimum absolute atomic E-state index is 0.131. The number of esters is 1. The van der Waals surface area contributed by atoms with Gasteiger partial charge in [-0.2, -0.15) is 0 Å². The van der Waals surface area contributed by atoms with E-state index in [1.807, 2.05) is 56.3 Å². The summed E-state index contributed by atoms with van der Waals surface area (Å²) >= 11 is 0. The fourth-order valence-corrected chi connectivity index (χ4v) is 5.79. The molecule has 1 aliphatic carbocycles. The Kier molecular flexibility index (Phi) is 7.70. The molecule has 0 N–H and O–H groups in total. The van der Waals surface area contributed by atoms with Gasteiger partial charge in [-0.05, 0) is 80.0 Å². The number of benzene rings is 2. The number of methoxy groups -OCH3 is 3. The van der Waals surface area contributed by atoms with E-state index < -0.39 is 0 Å². The molecule has 2 aromatic heterocycles. The van der Waals surface area contributed by atoms with Crippen LogP contribution in [-0.4, -0.2) is 48.0 Å². The van der Waals surface area contributed by atoms with E-state index in [2.05, 4.69) is 13.8 Å². The van der Waals surface area contributed by atoms with Gasteiger partial charge in [0.2, 0.25) is 0 Å². The summed E-state index contributed by atoms with van der Waals surface area (Å²) < 4.78 is 24.5. The second kappa shape index (κ2) is 11.2. The van der Waals surface area contributed by atoms with Gasteiger partial charge in [0.05, 0.1) is 32.2 Å². The van der Waals surface area contributed by atoms with E-state index in [9.17, 15) is 4.79 Å². The predicted molar refractivity (Wildman–Crippen MR) is 154 cm³/mol. The largest absolute Gasteiger partial charge is 0.496 e. The smallest absolute Gasteiger partial charge is 0.342 e. The van der Waals surface area contributed by atoms with Crippen molar-refractivity contribution in [2.24, 2.45) is 11.8 Å². The van der Waals surface area contributed by atoms with Crippen molar-refractivity contribution in [3.8, 4) is 28.6 Å². The van der Waals surface area contributed by atoms with E-state index in [0.717, 1.165) is 46.9 Å².